The molecule has 1 aliphatic rings. The molecule has 2 heterocycles. The lowest BCUT2D eigenvalue weighted by Crippen LogP contribution is -2.50. The highest BCUT2D eigenvalue weighted by Gasteiger charge is 2.34. The Labute approximate surface area is 107 Å². The first-order valence-electron chi connectivity index (χ1n) is 6.57. The van der Waals surface area contributed by atoms with Gasteiger partial charge in [-0.05, 0) is 18.4 Å². The molecule has 0 aliphatic carbocycles. The minimum absolute atomic E-state index is 0.234. The number of carboxylic acids is 1. The molecule has 0 spiro atoms. The number of nitrogens with zero attached hydrogens (tertiary/aromatic N) is 3. The highest BCUT2D eigenvalue weighted by atomic mass is 16.4. The molecule has 1 N–H and O–H groups in total. The summed E-state index contributed by atoms with van der Waals surface area (Å²) in [5.74, 6) is -0.623. The van der Waals surface area contributed by atoms with Crippen LogP contribution in [0.5, 0.6) is 0 Å². The van der Waals surface area contributed by atoms with Gasteiger partial charge in [-0.25, -0.2) is 0 Å². The Kier molecular flexibility index (Phi) is 4.01. The minimum atomic E-state index is -0.685. The monoisotopic (exact) mass is 251 g/mol. The Morgan fingerprint density at radius 2 is 2.33 bits per heavy atom. The van der Waals surface area contributed by atoms with Crippen LogP contribution in [-0.4, -0.2) is 38.8 Å². The van der Waals surface area contributed by atoms with Gasteiger partial charge in [0, 0.05) is 32.4 Å². The number of hydrogen-bond acceptors (Lipinski definition) is 3. The number of rotatable bonds is 6. The highest BCUT2D eigenvalue weighted by molar-refractivity contribution is 5.70. The Morgan fingerprint density at radius 3 is 2.94 bits per heavy atom. The van der Waals surface area contributed by atoms with Crippen molar-refractivity contribution in [1.29, 1.82) is 0 Å². The summed E-state index contributed by atoms with van der Waals surface area (Å²) in [5.41, 5.74) is 1.22. The summed E-state index contributed by atoms with van der Waals surface area (Å²) in [6.07, 6.45) is 2.91. The van der Waals surface area contributed by atoms with Crippen LogP contribution in [0.4, 0.5) is 0 Å². The van der Waals surface area contributed by atoms with E-state index >= 15 is 0 Å². The lowest BCUT2D eigenvalue weighted by Gasteiger charge is -2.41. The molecule has 0 aromatic carbocycles. The third-order valence-electron chi connectivity index (χ3n) is 3.71. The molecule has 1 fully saturated rings. The van der Waals surface area contributed by atoms with Crippen LogP contribution in [0.2, 0.25) is 0 Å². The molecule has 1 aromatic rings. The fraction of sp³-hybridized carbons (Fsp3) is 0.692. The average Bonchev–Trinajstić information content (AvgIpc) is 2.70. The van der Waals surface area contributed by atoms with Crippen molar-refractivity contribution in [2.24, 2.45) is 11.8 Å². The largest absolute Gasteiger partial charge is 0.481 e. The third-order valence-corrected chi connectivity index (χ3v) is 3.71. The van der Waals surface area contributed by atoms with Gasteiger partial charge in [0.1, 0.15) is 0 Å². The summed E-state index contributed by atoms with van der Waals surface area (Å²) in [7, 11) is 0. The maximum absolute atomic E-state index is 10.9. The van der Waals surface area contributed by atoms with Crippen molar-refractivity contribution in [3.8, 4) is 0 Å². The van der Waals surface area contributed by atoms with Gasteiger partial charge in [-0.15, -0.1) is 0 Å². The molecule has 1 saturated heterocycles. The van der Waals surface area contributed by atoms with Crippen LogP contribution in [0.3, 0.4) is 0 Å². The second-order valence-electron chi connectivity index (χ2n) is 5.13. The first kappa shape index (κ1) is 13.1. The Balaban J connectivity index is 1.83. The molecule has 1 aromatic heterocycles. The molecule has 5 heteroatoms. The fourth-order valence-electron chi connectivity index (χ4n) is 2.39. The molecular weight excluding hydrogens is 230 g/mol. The quantitative estimate of drug-likeness (QED) is 0.831. The topological polar surface area (TPSA) is 58.4 Å². The lowest BCUT2D eigenvalue weighted by atomic mass is 9.87. The molecule has 0 bridgehead atoms. The van der Waals surface area contributed by atoms with E-state index in [4.69, 9.17) is 5.11 Å². The van der Waals surface area contributed by atoms with Crippen LogP contribution in [-0.2, 0) is 17.9 Å². The zero-order chi connectivity index (χ0) is 13.1. The van der Waals surface area contributed by atoms with E-state index in [0.717, 1.165) is 32.6 Å². The van der Waals surface area contributed by atoms with Crippen LogP contribution in [0.1, 0.15) is 26.0 Å². The zero-order valence-electron chi connectivity index (χ0n) is 11.0. The molecule has 2 rings (SSSR count). The Morgan fingerprint density at radius 1 is 1.61 bits per heavy atom. The third kappa shape index (κ3) is 2.72. The van der Waals surface area contributed by atoms with Gasteiger partial charge in [-0.3, -0.25) is 14.4 Å². The van der Waals surface area contributed by atoms with E-state index in [1.54, 1.807) is 6.92 Å². The molecule has 5 nitrogen and oxygen atoms in total. The van der Waals surface area contributed by atoms with Crippen molar-refractivity contribution in [3.05, 3.63) is 18.0 Å². The number of aromatic nitrogens is 2. The van der Waals surface area contributed by atoms with E-state index in [9.17, 15) is 4.79 Å². The number of likely N-dealkylation sites (tertiary alicyclic amines) is 1. The van der Waals surface area contributed by atoms with Crippen LogP contribution in [0, 0.1) is 11.8 Å². The molecule has 1 atom stereocenters. The van der Waals surface area contributed by atoms with E-state index in [0.29, 0.717) is 5.92 Å². The minimum Gasteiger partial charge on any atom is -0.481 e. The number of hydrogen-bond donors (Lipinski definition) is 1. The predicted molar refractivity (Wildman–Crippen MR) is 68.1 cm³/mol. The second kappa shape index (κ2) is 5.52. The first-order valence-corrected chi connectivity index (χ1v) is 6.57. The molecule has 100 valence electrons. The van der Waals surface area contributed by atoms with Crippen LogP contribution in [0.15, 0.2) is 12.3 Å². The van der Waals surface area contributed by atoms with Gasteiger partial charge in [0.2, 0.25) is 0 Å². The number of carbonyl (C=O) groups is 1. The zero-order valence-corrected chi connectivity index (χ0v) is 11.0. The van der Waals surface area contributed by atoms with Crippen molar-refractivity contribution < 1.29 is 9.90 Å². The molecule has 0 amide bonds. The number of aryl methyl sites for hydroxylation is 1. The summed E-state index contributed by atoms with van der Waals surface area (Å²) in [6.45, 7) is 7.52. The van der Waals surface area contributed by atoms with Crippen molar-refractivity contribution >= 4 is 5.97 Å². The summed E-state index contributed by atoms with van der Waals surface area (Å²) in [5, 5.41) is 13.2. The molecule has 0 saturated carbocycles. The van der Waals surface area contributed by atoms with Crippen molar-refractivity contribution in [1.82, 2.24) is 14.7 Å². The highest BCUT2D eigenvalue weighted by Crippen LogP contribution is 2.25. The van der Waals surface area contributed by atoms with Gasteiger partial charge in [-0.2, -0.15) is 5.10 Å². The molecule has 1 unspecified atom stereocenters. The number of carboxylic acid groups (broad SMARTS) is 1. The van der Waals surface area contributed by atoms with Crippen LogP contribution >= 0.6 is 0 Å². The summed E-state index contributed by atoms with van der Waals surface area (Å²) >= 11 is 0. The summed E-state index contributed by atoms with van der Waals surface area (Å²) < 4.78 is 2.04. The Bertz CT molecular complexity index is 410. The maximum Gasteiger partial charge on any atom is 0.306 e. The van der Waals surface area contributed by atoms with Gasteiger partial charge in [0.05, 0.1) is 11.6 Å². The lowest BCUT2D eigenvalue weighted by molar-refractivity contribution is -0.145. The predicted octanol–water partition coefficient (Wildman–Crippen LogP) is 1.45. The van der Waals surface area contributed by atoms with Crippen LogP contribution in [0.25, 0.3) is 0 Å². The van der Waals surface area contributed by atoms with Crippen molar-refractivity contribution in [2.45, 2.75) is 33.4 Å². The summed E-state index contributed by atoms with van der Waals surface area (Å²) in [4.78, 5) is 13.1. The molecular formula is C13H21N3O2. The smallest absolute Gasteiger partial charge is 0.306 e. The second-order valence-corrected chi connectivity index (χ2v) is 5.13. The Hall–Kier alpha value is -1.36. The van der Waals surface area contributed by atoms with Crippen molar-refractivity contribution in [3.63, 3.8) is 0 Å². The SMILES string of the molecule is CCCn1nccc1CN1CC(C(C)C(=O)O)C1. The standard InChI is InChI=1S/C13H21N3O2/c1-3-6-16-12(4-5-14-16)9-15-7-11(8-15)10(2)13(17)18/h4-5,10-11H,3,6-9H2,1-2H3,(H,17,18). The number of aliphatic carboxylic acids is 1. The van der Waals surface area contributed by atoms with Gasteiger partial charge in [0.25, 0.3) is 0 Å². The molecule has 1 aliphatic heterocycles. The molecule has 0 radical (unpaired) electrons. The fourth-order valence-corrected chi connectivity index (χ4v) is 2.39. The first-order chi connectivity index (χ1) is 8.61. The van der Waals surface area contributed by atoms with Crippen LogP contribution < -0.4 is 0 Å². The van der Waals surface area contributed by atoms with Gasteiger partial charge < -0.3 is 5.11 Å². The van der Waals surface area contributed by atoms with E-state index < -0.39 is 5.97 Å². The average molecular weight is 251 g/mol. The van der Waals surface area contributed by atoms with E-state index in [1.165, 1.54) is 5.69 Å². The summed E-state index contributed by atoms with van der Waals surface area (Å²) in [6, 6.07) is 2.05. The van der Waals surface area contributed by atoms with E-state index in [2.05, 4.69) is 16.9 Å². The van der Waals surface area contributed by atoms with Gasteiger partial charge in [0.15, 0.2) is 0 Å². The van der Waals surface area contributed by atoms with E-state index in [-0.39, 0.29) is 5.92 Å². The van der Waals surface area contributed by atoms with Gasteiger partial charge in [-0.1, -0.05) is 13.8 Å². The van der Waals surface area contributed by atoms with E-state index in [1.807, 2.05) is 16.9 Å². The molecule has 18 heavy (non-hydrogen) atoms. The normalized spacial score (nSPS) is 18.6. The van der Waals surface area contributed by atoms with Crippen molar-refractivity contribution in [2.75, 3.05) is 13.1 Å². The maximum atomic E-state index is 10.9. The van der Waals surface area contributed by atoms with Gasteiger partial charge >= 0.3 is 5.97 Å².